The third kappa shape index (κ3) is 4.37. The number of aryl methyl sites for hydroxylation is 1. The number of alkyl halides is 3. The number of nitrogens with zero attached hydrogens (tertiary/aromatic N) is 6. The number of piperazine rings is 1. The smallest absolute Gasteiger partial charge is 0.418 e. The lowest BCUT2D eigenvalue weighted by Crippen LogP contribution is -2.60. The van der Waals surface area contributed by atoms with Crippen molar-refractivity contribution in [1.82, 2.24) is 24.8 Å². The quantitative estimate of drug-likeness (QED) is 0.283. The zero-order valence-corrected chi connectivity index (χ0v) is 26.3. The monoisotopic (exact) mass is 659 g/mol. The lowest BCUT2D eigenvalue weighted by atomic mass is 9.94. The molecule has 14 heteroatoms. The molecule has 2 aromatic heterocycles. The average Bonchev–Trinajstić information content (AvgIpc) is 3.53. The van der Waals surface area contributed by atoms with E-state index in [9.17, 15) is 13.2 Å². The van der Waals surface area contributed by atoms with Gasteiger partial charge in [0.25, 0.3) is 0 Å². The minimum Gasteiger partial charge on any atom is -0.489 e. The lowest BCUT2D eigenvalue weighted by Gasteiger charge is -2.45. The van der Waals surface area contributed by atoms with Crippen LogP contribution in [0.2, 0.25) is 5.02 Å². The van der Waals surface area contributed by atoms with Gasteiger partial charge in [0.2, 0.25) is 0 Å². The zero-order valence-electron chi connectivity index (χ0n) is 25.6. The number of anilines is 2. The van der Waals surface area contributed by atoms with Gasteiger partial charge in [0.15, 0.2) is 11.6 Å². The third-order valence-electron chi connectivity index (χ3n) is 10.7. The Labute approximate surface area is 268 Å². The summed E-state index contributed by atoms with van der Waals surface area (Å²) in [6.07, 6.45) is -0.204. The van der Waals surface area contributed by atoms with Crippen molar-refractivity contribution in [2.45, 2.75) is 68.9 Å². The van der Waals surface area contributed by atoms with E-state index < -0.39 is 28.8 Å². The average molecular weight is 660 g/mol. The number of halogens is 5. The van der Waals surface area contributed by atoms with Gasteiger partial charge in [-0.3, -0.25) is 9.80 Å². The summed E-state index contributed by atoms with van der Waals surface area (Å²) < 4.78 is 73.0. The fraction of sp³-hybridized carbons (Fsp3) is 0.531. The second-order valence-electron chi connectivity index (χ2n) is 13.4. The van der Waals surface area contributed by atoms with Crippen molar-refractivity contribution in [3.05, 3.63) is 40.2 Å². The van der Waals surface area contributed by atoms with Crippen LogP contribution in [0.15, 0.2) is 18.2 Å². The molecule has 1 aromatic carbocycles. The molecule has 8 rings (SSSR count). The van der Waals surface area contributed by atoms with Crippen LogP contribution in [-0.4, -0.2) is 88.3 Å². The number of nitrogen functional groups attached to an aromatic ring is 1. The SMILES string of the molecule is C=C1CN2CCC[C@@]2(COc2nc3c4c(c(Cl)c(-c5nc(N)cc(C)c5C(F)(F)F)c(F)c4n2)OC[C@@H]2[C@@H]4CC[C@H](CN32)N4C)C1. The molecule has 0 amide bonds. The number of aromatic nitrogens is 3. The van der Waals surface area contributed by atoms with Gasteiger partial charge < -0.3 is 20.1 Å². The summed E-state index contributed by atoms with van der Waals surface area (Å²) in [6, 6.07) is 1.27. The van der Waals surface area contributed by atoms with Crippen LogP contribution in [0.5, 0.6) is 11.8 Å². The van der Waals surface area contributed by atoms with E-state index in [2.05, 4.69) is 38.3 Å². The van der Waals surface area contributed by atoms with Gasteiger partial charge in [-0.15, -0.1) is 0 Å². The van der Waals surface area contributed by atoms with E-state index in [4.69, 9.17) is 31.8 Å². The largest absolute Gasteiger partial charge is 0.489 e. The highest BCUT2D eigenvalue weighted by atomic mass is 35.5. The highest BCUT2D eigenvalue weighted by Crippen LogP contribution is 2.52. The van der Waals surface area contributed by atoms with Gasteiger partial charge in [-0.2, -0.15) is 23.1 Å². The zero-order chi connectivity index (χ0) is 32.3. The van der Waals surface area contributed by atoms with Gasteiger partial charge >= 0.3 is 12.2 Å². The number of nitrogens with two attached hydrogens (primary N) is 1. The van der Waals surface area contributed by atoms with E-state index >= 15 is 4.39 Å². The Morgan fingerprint density at radius 1 is 1.22 bits per heavy atom. The standard InChI is InChI=1S/C32H34ClF4N7O2/c1-15-10-31(7-4-8-43(31)11-15)14-46-30-40-27-22-28(45-13-19-18-6-5-17(42(18)3)12-44(19)29(22)41-30)24(33)21(25(27)34)26-23(32(35,36)37)16(2)9-20(38)39-26/h9,17-19H,1,4-8,10-14H2,2-3H3,(H2,38,39)/t17-,18+,19-,31+/m1/s1. The molecule has 4 atom stereocenters. The summed E-state index contributed by atoms with van der Waals surface area (Å²) >= 11 is 6.86. The lowest BCUT2D eigenvalue weighted by molar-refractivity contribution is -0.137. The van der Waals surface area contributed by atoms with Crippen LogP contribution in [0, 0.1) is 12.7 Å². The van der Waals surface area contributed by atoms with Crippen molar-refractivity contribution in [2.75, 3.05) is 50.5 Å². The molecule has 0 radical (unpaired) electrons. The molecule has 5 aliphatic heterocycles. The Bertz CT molecular complexity index is 1800. The van der Waals surface area contributed by atoms with E-state index in [0.717, 1.165) is 56.8 Å². The van der Waals surface area contributed by atoms with Crippen LogP contribution in [0.4, 0.5) is 29.2 Å². The number of pyridine rings is 1. The Kier molecular flexibility index (Phi) is 6.70. The summed E-state index contributed by atoms with van der Waals surface area (Å²) in [7, 11) is 2.08. The first-order valence-corrected chi connectivity index (χ1v) is 16.0. The maximum atomic E-state index is 17.0. The van der Waals surface area contributed by atoms with E-state index in [1.165, 1.54) is 6.92 Å². The molecule has 46 heavy (non-hydrogen) atoms. The highest BCUT2D eigenvalue weighted by Gasteiger charge is 2.49. The molecule has 2 bridgehead atoms. The topological polar surface area (TPSA) is 92.9 Å². The fourth-order valence-electron chi connectivity index (χ4n) is 8.64. The minimum atomic E-state index is -4.87. The first-order valence-electron chi connectivity index (χ1n) is 15.6. The number of likely N-dealkylation sites (N-methyl/N-ethyl adjacent to an activating group) is 1. The molecule has 4 saturated heterocycles. The Morgan fingerprint density at radius 2 is 2.02 bits per heavy atom. The Morgan fingerprint density at radius 3 is 2.80 bits per heavy atom. The van der Waals surface area contributed by atoms with Crippen molar-refractivity contribution in [1.29, 1.82) is 0 Å². The molecule has 5 aliphatic rings. The second kappa shape index (κ2) is 10.3. The van der Waals surface area contributed by atoms with E-state index in [0.29, 0.717) is 12.4 Å². The molecule has 7 heterocycles. The Hall–Kier alpha value is -3.42. The van der Waals surface area contributed by atoms with Gasteiger partial charge in [0.1, 0.15) is 30.4 Å². The Balaban J connectivity index is 1.34. The second-order valence-corrected chi connectivity index (χ2v) is 13.8. The predicted octanol–water partition coefficient (Wildman–Crippen LogP) is 5.61. The molecule has 2 N–H and O–H groups in total. The van der Waals surface area contributed by atoms with Crippen molar-refractivity contribution in [3.8, 4) is 23.0 Å². The summed E-state index contributed by atoms with van der Waals surface area (Å²) in [6.45, 7) is 8.22. The first-order chi connectivity index (χ1) is 21.9. The predicted molar refractivity (Wildman–Crippen MR) is 166 cm³/mol. The summed E-state index contributed by atoms with van der Waals surface area (Å²) in [4.78, 5) is 20.2. The highest BCUT2D eigenvalue weighted by molar-refractivity contribution is 6.36. The van der Waals surface area contributed by atoms with Crippen LogP contribution in [-0.2, 0) is 6.18 Å². The summed E-state index contributed by atoms with van der Waals surface area (Å²) in [5, 5.41) is -0.135. The molecule has 0 saturated carbocycles. The van der Waals surface area contributed by atoms with Crippen molar-refractivity contribution in [3.63, 3.8) is 0 Å². The van der Waals surface area contributed by atoms with Gasteiger partial charge in [-0.1, -0.05) is 23.8 Å². The normalized spacial score (nSPS) is 27.6. The number of benzene rings is 1. The van der Waals surface area contributed by atoms with Gasteiger partial charge in [0.05, 0.1) is 38.8 Å². The molecular weight excluding hydrogens is 626 g/mol. The molecule has 0 spiro atoms. The number of hydrogen-bond donors (Lipinski definition) is 1. The van der Waals surface area contributed by atoms with Crippen LogP contribution in [0.1, 0.15) is 43.2 Å². The minimum absolute atomic E-state index is 0.0187. The first kappa shape index (κ1) is 29.9. The maximum Gasteiger partial charge on any atom is 0.418 e. The number of ether oxygens (including phenoxy) is 2. The number of rotatable bonds is 4. The molecule has 4 fully saturated rings. The molecule has 0 unspecified atom stereocenters. The van der Waals surface area contributed by atoms with E-state index in [1.807, 2.05) is 0 Å². The van der Waals surface area contributed by atoms with Crippen molar-refractivity contribution in [2.24, 2.45) is 0 Å². The number of fused-ring (bicyclic) bond motifs is 6. The van der Waals surface area contributed by atoms with E-state index in [-0.39, 0.29) is 75.9 Å². The third-order valence-corrected chi connectivity index (χ3v) is 11.1. The fourth-order valence-corrected chi connectivity index (χ4v) is 8.96. The van der Waals surface area contributed by atoms with Crippen molar-refractivity contribution >= 4 is 34.1 Å². The summed E-state index contributed by atoms with van der Waals surface area (Å²) in [5.74, 6) is -0.858. The molecule has 9 nitrogen and oxygen atoms in total. The van der Waals surface area contributed by atoms with Gasteiger partial charge in [-0.05, 0) is 64.3 Å². The molecule has 0 aliphatic carbocycles. The van der Waals surface area contributed by atoms with Crippen LogP contribution >= 0.6 is 11.6 Å². The summed E-state index contributed by atoms with van der Waals surface area (Å²) in [5.41, 5.74) is 3.91. The van der Waals surface area contributed by atoms with E-state index in [1.54, 1.807) is 0 Å². The molecule has 244 valence electrons. The van der Waals surface area contributed by atoms with Crippen LogP contribution in [0.3, 0.4) is 0 Å². The van der Waals surface area contributed by atoms with Crippen LogP contribution < -0.4 is 20.1 Å². The molecule has 3 aromatic rings. The molecular formula is C32H34ClF4N7O2. The van der Waals surface area contributed by atoms with Crippen molar-refractivity contribution < 1.29 is 27.0 Å². The van der Waals surface area contributed by atoms with Gasteiger partial charge in [-0.25, -0.2) is 9.37 Å². The maximum absolute atomic E-state index is 17.0. The number of hydrogen-bond acceptors (Lipinski definition) is 9. The van der Waals surface area contributed by atoms with Crippen LogP contribution in [0.25, 0.3) is 22.2 Å². The van der Waals surface area contributed by atoms with Gasteiger partial charge in [0, 0.05) is 25.2 Å².